The molecule has 0 unspecified atom stereocenters. The Kier molecular flexibility index (Phi) is 5.74. The highest BCUT2D eigenvalue weighted by molar-refractivity contribution is 5.96. The number of piperazine rings is 1. The van der Waals surface area contributed by atoms with Crippen molar-refractivity contribution in [2.75, 3.05) is 31.1 Å². The van der Waals surface area contributed by atoms with Gasteiger partial charge in [0.1, 0.15) is 17.2 Å². The maximum Gasteiger partial charge on any atom is 0.272 e. The first kappa shape index (κ1) is 19.4. The summed E-state index contributed by atoms with van der Waals surface area (Å²) >= 11 is 0. The zero-order valence-electron chi connectivity index (χ0n) is 16.3. The fraction of sp³-hybridized carbons (Fsp3) is 0.409. The standard InChI is InChI=1S/C22H25FN4O2/c23-17-8-3-4-11-20(17)26-12-14-27(15-13-26)22(29)19-10-5-9-18(25-19)21(28)24-16-6-1-2-7-16/h3-5,8-11,16H,1-2,6-7,12-15H2,(H,24,28). The Morgan fingerprint density at radius 2 is 1.62 bits per heavy atom. The van der Waals surface area contributed by atoms with E-state index in [0.29, 0.717) is 31.9 Å². The number of hydrogen-bond donors (Lipinski definition) is 1. The van der Waals surface area contributed by atoms with E-state index in [-0.39, 0.29) is 35.1 Å². The molecule has 2 amide bonds. The lowest BCUT2D eigenvalue weighted by Crippen LogP contribution is -2.49. The molecule has 7 heteroatoms. The first-order valence-electron chi connectivity index (χ1n) is 10.2. The molecule has 2 fully saturated rings. The molecule has 1 aliphatic heterocycles. The topological polar surface area (TPSA) is 65.5 Å². The molecule has 0 bridgehead atoms. The van der Waals surface area contributed by atoms with Crippen LogP contribution in [0, 0.1) is 5.82 Å². The molecule has 2 heterocycles. The van der Waals surface area contributed by atoms with Crippen molar-refractivity contribution in [3.63, 3.8) is 0 Å². The molecule has 152 valence electrons. The van der Waals surface area contributed by atoms with Crippen molar-refractivity contribution in [3.05, 3.63) is 59.7 Å². The van der Waals surface area contributed by atoms with Crippen LogP contribution in [0.3, 0.4) is 0 Å². The molecule has 1 aliphatic carbocycles. The average molecular weight is 396 g/mol. The molecule has 1 aromatic carbocycles. The smallest absolute Gasteiger partial charge is 0.272 e. The lowest BCUT2D eigenvalue weighted by Gasteiger charge is -2.36. The lowest BCUT2D eigenvalue weighted by atomic mass is 10.2. The van der Waals surface area contributed by atoms with Gasteiger partial charge in [0.2, 0.25) is 0 Å². The zero-order chi connectivity index (χ0) is 20.2. The highest BCUT2D eigenvalue weighted by Crippen LogP contribution is 2.21. The molecule has 6 nitrogen and oxygen atoms in total. The first-order valence-corrected chi connectivity index (χ1v) is 10.2. The van der Waals surface area contributed by atoms with Crippen LogP contribution in [0.15, 0.2) is 42.5 Å². The van der Waals surface area contributed by atoms with Gasteiger partial charge >= 0.3 is 0 Å². The van der Waals surface area contributed by atoms with Crippen LogP contribution in [0.1, 0.15) is 46.7 Å². The second kappa shape index (κ2) is 8.59. The maximum atomic E-state index is 14.0. The van der Waals surface area contributed by atoms with Crippen LogP contribution in [0.25, 0.3) is 0 Å². The van der Waals surface area contributed by atoms with Gasteiger partial charge in [0, 0.05) is 32.2 Å². The highest BCUT2D eigenvalue weighted by atomic mass is 19.1. The van der Waals surface area contributed by atoms with E-state index in [1.807, 2.05) is 11.0 Å². The van der Waals surface area contributed by atoms with Gasteiger partial charge in [-0.25, -0.2) is 9.37 Å². The van der Waals surface area contributed by atoms with Crippen molar-refractivity contribution >= 4 is 17.5 Å². The molecule has 1 aromatic heterocycles. The Morgan fingerprint density at radius 1 is 0.931 bits per heavy atom. The number of nitrogens with zero attached hydrogens (tertiary/aromatic N) is 3. The fourth-order valence-corrected chi connectivity index (χ4v) is 4.03. The molecule has 1 saturated carbocycles. The quantitative estimate of drug-likeness (QED) is 0.863. The van der Waals surface area contributed by atoms with Crippen LogP contribution >= 0.6 is 0 Å². The summed E-state index contributed by atoms with van der Waals surface area (Å²) in [5, 5.41) is 3.00. The van der Waals surface area contributed by atoms with Crippen molar-refractivity contribution < 1.29 is 14.0 Å². The fourth-order valence-electron chi connectivity index (χ4n) is 4.03. The van der Waals surface area contributed by atoms with E-state index in [9.17, 15) is 14.0 Å². The maximum absolute atomic E-state index is 14.0. The molecular formula is C22H25FN4O2. The second-order valence-corrected chi connectivity index (χ2v) is 7.59. The monoisotopic (exact) mass is 396 g/mol. The van der Waals surface area contributed by atoms with Crippen molar-refractivity contribution in [1.29, 1.82) is 0 Å². The van der Waals surface area contributed by atoms with E-state index in [1.165, 1.54) is 6.07 Å². The van der Waals surface area contributed by atoms with E-state index < -0.39 is 0 Å². The number of carbonyl (C=O) groups excluding carboxylic acids is 2. The van der Waals surface area contributed by atoms with E-state index in [2.05, 4.69) is 10.3 Å². The lowest BCUT2D eigenvalue weighted by molar-refractivity contribution is 0.0740. The Bertz CT molecular complexity index is 890. The normalized spacial score (nSPS) is 17.4. The molecule has 1 saturated heterocycles. The van der Waals surface area contributed by atoms with Crippen molar-refractivity contribution in [1.82, 2.24) is 15.2 Å². The van der Waals surface area contributed by atoms with Crippen LogP contribution in [0.4, 0.5) is 10.1 Å². The van der Waals surface area contributed by atoms with Crippen molar-refractivity contribution in [3.8, 4) is 0 Å². The molecule has 2 aromatic rings. The predicted molar refractivity (Wildman–Crippen MR) is 108 cm³/mol. The number of hydrogen-bond acceptors (Lipinski definition) is 4. The van der Waals surface area contributed by atoms with Gasteiger partial charge in [-0.3, -0.25) is 9.59 Å². The molecule has 0 atom stereocenters. The van der Waals surface area contributed by atoms with Gasteiger partial charge in [-0.15, -0.1) is 0 Å². The summed E-state index contributed by atoms with van der Waals surface area (Å²) in [6, 6.07) is 11.8. The molecule has 4 rings (SSSR count). The van der Waals surface area contributed by atoms with Gasteiger partial charge in [0.05, 0.1) is 5.69 Å². The number of carbonyl (C=O) groups is 2. The van der Waals surface area contributed by atoms with Gasteiger partial charge in [0.15, 0.2) is 0 Å². The summed E-state index contributed by atoms with van der Waals surface area (Å²) in [5.74, 6) is -0.681. The van der Waals surface area contributed by atoms with E-state index >= 15 is 0 Å². The molecule has 29 heavy (non-hydrogen) atoms. The van der Waals surface area contributed by atoms with Crippen molar-refractivity contribution in [2.45, 2.75) is 31.7 Å². The summed E-state index contributed by atoms with van der Waals surface area (Å²) in [5.41, 5.74) is 1.10. The number of pyridine rings is 1. The number of amides is 2. The largest absolute Gasteiger partial charge is 0.366 e. The van der Waals surface area contributed by atoms with Crippen LogP contribution in [0.2, 0.25) is 0 Å². The van der Waals surface area contributed by atoms with Crippen LogP contribution < -0.4 is 10.2 Å². The highest BCUT2D eigenvalue weighted by Gasteiger charge is 2.25. The molecular weight excluding hydrogens is 371 g/mol. The molecule has 1 N–H and O–H groups in total. The van der Waals surface area contributed by atoms with Crippen LogP contribution in [0.5, 0.6) is 0 Å². The van der Waals surface area contributed by atoms with Crippen molar-refractivity contribution in [2.24, 2.45) is 0 Å². The third-order valence-electron chi connectivity index (χ3n) is 5.65. The van der Waals surface area contributed by atoms with E-state index in [1.54, 1.807) is 35.2 Å². The van der Waals surface area contributed by atoms with E-state index in [4.69, 9.17) is 0 Å². The number of rotatable bonds is 4. The summed E-state index contributed by atoms with van der Waals surface area (Å²) in [7, 11) is 0. The number of nitrogens with one attached hydrogen (secondary N) is 1. The van der Waals surface area contributed by atoms with E-state index in [0.717, 1.165) is 25.7 Å². The number of para-hydroxylation sites is 1. The Balaban J connectivity index is 1.38. The Hall–Kier alpha value is -2.96. The number of aromatic nitrogens is 1. The molecule has 0 spiro atoms. The van der Waals surface area contributed by atoms with Crippen LogP contribution in [-0.2, 0) is 0 Å². The minimum absolute atomic E-state index is 0.200. The predicted octanol–water partition coefficient (Wildman–Crippen LogP) is 2.86. The number of benzene rings is 1. The summed E-state index contributed by atoms with van der Waals surface area (Å²) in [6.45, 7) is 2.06. The molecule has 2 aliphatic rings. The van der Waals surface area contributed by atoms with Gasteiger partial charge in [0.25, 0.3) is 11.8 Å². The van der Waals surface area contributed by atoms with Gasteiger partial charge in [-0.2, -0.15) is 0 Å². The zero-order valence-corrected chi connectivity index (χ0v) is 16.3. The Morgan fingerprint density at radius 3 is 2.34 bits per heavy atom. The van der Waals surface area contributed by atoms with Crippen LogP contribution in [-0.4, -0.2) is 53.9 Å². The molecule has 0 radical (unpaired) electrons. The minimum Gasteiger partial charge on any atom is -0.366 e. The van der Waals surface area contributed by atoms with Gasteiger partial charge < -0.3 is 15.1 Å². The number of halogens is 1. The SMILES string of the molecule is O=C(NC1CCCC1)c1cccc(C(=O)N2CCN(c3ccccc3F)CC2)n1. The summed E-state index contributed by atoms with van der Waals surface area (Å²) in [4.78, 5) is 33.3. The summed E-state index contributed by atoms with van der Waals surface area (Å²) < 4.78 is 14.0. The van der Waals surface area contributed by atoms with Gasteiger partial charge in [-0.05, 0) is 37.1 Å². The first-order chi connectivity index (χ1) is 14.1. The Labute approximate surface area is 169 Å². The third kappa shape index (κ3) is 4.39. The summed E-state index contributed by atoms with van der Waals surface area (Å²) in [6.07, 6.45) is 4.26. The second-order valence-electron chi connectivity index (χ2n) is 7.59. The number of anilines is 1. The minimum atomic E-state index is -0.255. The average Bonchev–Trinajstić information content (AvgIpc) is 3.27. The van der Waals surface area contributed by atoms with Gasteiger partial charge in [-0.1, -0.05) is 31.0 Å². The third-order valence-corrected chi connectivity index (χ3v) is 5.65.